The zero-order valence-electron chi connectivity index (χ0n) is 37.3. The summed E-state index contributed by atoms with van der Waals surface area (Å²) in [5.41, 5.74) is 21.9. The Labute approximate surface area is 401 Å². The van der Waals surface area contributed by atoms with E-state index in [9.17, 15) is 0 Å². The van der Waals surface area contributed by atoms with Crippen LogP contribution >= 0.6 is 11.3 Å². The van der Waals surface area contributed by atoms with Gasteiger partial charge in [-0.1, -0.05) is 218 Å². The maximum absolute atomic E-state index is 2.42. The third kappa shape index (κ3) is 6.66. The Morgan fingerprint density at radius 2 is 0.618 bits per heavy atom. The molecule has 0 fully saturated rings. The summed E-state index contributed by atoms with van der Waals surface area (Å²) in [5.74, 6) is 0. The van der Waals surface area contributed by atoms with E-state index >= 15 is 0 Å². The predicted octanol–water partition coefficient (Wildman–Crippen LogP) is 18.4. The maximum atomic E-state index is 2.42. The standard InChI is InChI=1S/C67H44S/c1-3-27-56(28-4-1)67(57-29-5-2-6-30-57)62-34-9-7-31-59(62)61-44-54(37-38-63(61)67)52-24-14-22-50(42-52)48-20-12-18-46(40-48)45-17-11-19-47(39-45)49-21-13-23-51(41-49)53-25-15-26-55(43-53)58-33-16-36-65-66(58)60-32-8-10-35-64(60)68-65/h1-44H. The summed E-state index contributed by atoms with van der Waals surface area (Å²) in [6, 6.07) is 98.6. The molecule has 0 amide bonds. The van der Waals surface area contributed by atoms with Gasteiger partial charge in [-0.05, 0) is 149 Å². The third-order valence-corrected chi connectivity index (χ3v) is 15.3. The normalized spacial score (nSPS) is 12.5. The van der Waals surface area contributed by atoms with E-state index in [0.717, 1.165) is 0 Å². The predicted molar refractivity (Wildman–Crippen MR) is 289 cm³/mol. The summed E-state index contributed by atoms with van der Waals surface area (Å²) < 4.78 is 2.65. The average molecular weight is 881 g/mol. The molecular weight excluding hydrogens is 837 g/mol. The zero-order chi connectivity index (χ0) is 45.0. The zero-order valence-corrected chi connectivity index (χ0v) is 38.1. The van der Waals surface area contributed by atoms with Crippen LogP contribution < -0.4 is 0 Å². The molecule has 0 N–H and O–H groups in total. The molecule has 318 valence electrons. The van der Waals surface area contributed by atoms with Gasteiger partial charge in [-0.3, -0.25) is 0 Å². The molecule has 0 aliphatic heterocycles. The third-order valence-electron chi connectivity index (χ3n) is 14.2. The molecule has 1 heterocycles. The number of thiophene rings is 1. The first-order valence-electron chi connectivity index (χ1n) is 23.5. The van der Waals surface area contributed by atoms with E-state index < -0.39 is 5.41 Å². The van der Waals surface area contributed by atoms with Gasteiger partial charge in [0.2, 0.25) is 0 Å². The van der Waals surface area contributed by atoms with E-state index in [1.807, 2.05) is 11.3 Å². The van der Waals surface area contributed by atoms with Crippen molar-refractivity contribution in [1.82, 2.24) is 0 Å². The van der Waals surface area contributed by atoms with Crippen LogP contribution in [0.5, 0.6) is 0 Å². The summed E-state index contributed by atoms with van der Waals surface area (Å²) >= 11 is 1.87. The minimum atomic E-state index is -0.405. The maximum Gasteiger partial charge on any atom is 0.0713 e. The summed E-state index contributed by atoms with van der Waals surface area (Å²) in [6.45, 7) is 0. The van der Waals surface area contributed by atoms with E-state index in [0.29, 0.717) is 0 Å². The van der Waals surface area contributed by atoms with Gasteiger partial charge >= 0.3 is 0 Å². The van der Waals surface area contributed by atoms with Gasteiger partial charge in [0.1, 0.15) is 0 Å². The van der Waals surface area contributed by atoms with Gasteiger partial charge in [-0.15, -0.1) is 11.3 Å². The molecular formula is C67H44S. The Morgan fingerprint density at radius 3 is 1.16 bits per heavy atom. The highest BCUT2D eigenvalue weighted by Gasteiger charge is 2.46. The van der Waals surface area contributed by atoms with Crippen molar-refractivity contribution >= 4 is 31.5 Å². The monoisotopic (exact) mass is 880 g/mol. The van der Waals surface area contributed by atoms with Gasteiger partial charge in [-0.25, -0.2) is 0 Å². The fourth-order valence-electron chi connectivity index (χ4n) is 11.0. The van der Waals surface area contributed by atoms with Gasteiger partial charge in [0, 0.05) is 20.2 Å². The van der Waals surface area contributed by atoms with Gasteiger partial charge in [-0.2, -0.15) is 0 Å². The summed E-state index contributed by atoms with van der Waals surface area (Å²) in [7, 11) is 0. The molecule has 1 aromatic heterocycles. The Kier molecular flexibility index (Phi) is 9.70. The molecule has 1 heteroatoms. The van der Waals surface area contributed by atoms with Crippen LogP contribution in [0.25, 0.3) is 98.1 Å². The van der Waals surface area contributed by atoms with E-state index in [-0.39, 0.29) is 0 Å². The number of hydrogen-bond acceptors (Lipinski definition) is 1. The first-order chi connectivity index (χ1) is 33.7. The van der Waals surface area contributed by atoms with Crippen LogP contribution in [0.1, 0.15) is 22.3 Å². The summed E-state index contributed by atoms with van der Waals surface area (Å²) in [6.07, 6.45) is 0. The minimum Gasteiger partial charge on any atom is -0.135 e. The molecule has 1 aliphatic carbocycles. The van der Waals surface area contributed by atoms with Crippen LogP contribution in [0.15, 0.2) is 267 Å². The number of benzene rings is 11. The van der Waals surface area contributed by atoms with Crippen molar-refractivity contribution < 1.29 is 0 Å². The SMILES string of the molecule is c1ccc(C2(c3ccccc3)c3ccccc3-c3cc(-c4cccc(-c5cccc(-c6cccc(-c7cccc(-c8cccc(-c9cccc%10sc%11ccccc%11c9%10)c8)c7)c6)c5)c4)ccc32)cc1. The first-order valence-corrected chi connectivity index (χ1v) is 24.3. The lowest BCUT2D eigenvalue weighted by atomic mass is 9.67. The molecule has 11 aromatic carbocycles. The number of rotatable bonds is 8. The Morgan fingerprint density at radius 1 is 0.235 bits per heavy atom. The fourth-order valence-corrected chi connectivity index (χ4v) is 12.2. The summed E-state index contributed by atoms with van der Waals surface area (Å²) in [5, 5.41) is 2.67. The molecule has 0 atom stereocenters. The second kappa shape index (κ2) is 16.5. The van der Waals surface area contributed by atoms with Crippen molar-refractivity contribution in [3.63, 3.8) is 0 Å². The average Bonchev–Trinajstić information content (AvgIpc) is 3.95. The van der Waals surface area contributed by atoms with Crippen molar-refractivity contribution in [1.29, 1.82) is 0 Å². The Balaban J connectivity index is 0.815. The van der Waals surface area contributed by atoms with E-state index in [4.69, 9.17) is 0 Å². The van der Waals surface area contributed by atoms with Gasteiger partial charge in [0.05, 0.1) is 5.41 Å². The smallest absolute Gasteiger partial charge is 0.0713 e. The molecule has 13 rings (SSSR count). The topological polar surface area (TPSA) is 0 Å². The lowest BCUT2D eigenvalue weighted by Crippen LogP contribution is -2.28. The number of fused-ring (bicyclic) bond motifs is 6. The quantitative estimate of drug-likeness (QED) is 0.143. The molecule has 0 unspecified atom stereocenters. The van der Waals surface area contributed by atoms with Crippen LogP contribution in [-0.4, -0.2) is 0 Å². The molecule has 0 saturated heterocycles. The number of hydrogen-bond donors (Lipinski definition) is 0. The van der Waals surface area contributed by atoms with Gasteiger partial charge in [0.25, 0.3) is 0 Å². The Bertz CT molecular complexity index is 3820. The summed E-state index contributed by atoms with van der Waals surface area (Å²) in [4.78, 5) is 0. The van der Waals surface area contributed by atoms with Crippen LogP contribution in [0.4, 0.5) is 0 Å². The largest absolute Gasteiger partial charge is 0.135 e. The van der Waals surface area contributed by atoms with Gasteiger partial charge in [0.15, 0.2) is 0 Å². The van der Waals surface area contributed by atoms with Crippen LogP contribution in [0.3, 0.4) is 0 Å². The molecule has 0 nitrogen and oxygen atoms in total. The lowest BCUT2D eigenvalue weighted by Gasteiger charge is -2.33. The molecule has 0 radical (unpaired) electrons. The molecule has 0 saturated carbocycles. The highest BCUT2D eigenvalue weighted by Crippen LogP contribution is 2.56. The fraction of sp³-hybridized carbons (Fsp3) is 0.0149. The molecule has 0 spiro atoms. The molecule has 12 aromatic rings. The second-order valence-electron chi connectivity index (χ2n) is 18.0. The first kappa shape index (κ1) is 40.0. The van der Waals surface area contributed by atoms with E-state index in [2.05, 4.69) is 267 Å². The van der Waals surface area contributed by atoms with E-state index in [1.54, 1.807) is 0 Å². The van der Waals surface area contributed by atoms with Crippen molar-refractivity contribution in [2.45, 2.75) is 5.41 Å². The van der Waals surface area contributed by atoms with Crippen molar-refractivity contribution in [3.05, 3.63) is 289 Å². The van der Waals surface area contributed by atoms with E-state index in [1.165, 1.54) is 120 Å². The lowest BCUT2D eigenvalue weighted by molar-refractivity contribution is 0.768. The van der Waals surface area contributed by atoms with Crippen molar-refractivity contribution in [2.75, 3.05) is 0 Å². The van der Waals surface area contributed by atoms with Crippen LogP contribution in [-0.2, 0) is 5.41 Å². The van der Waals surface area contributed by atoms with Crippen molar-refractivity contribution in [2.24, 2.45) is 0 Å². The minimum absolute atomic E-state index is 0.405. The highest BCUT2D eigenvalue weighted by molar-refractivity contribution is 7.25. The highest BCUT2D eigenvalue weighted by atomic mass is 32.1. The van der Waals surface area contributed by atoms with Crippen LogP contribution in [0.2, 0.25) is 0 Å². The molecule has 1 aliphatic rings. The molecule has 68 heavy (non-hydrogen) atoms. The second-order valence-corrected chi connectivity index (χ2v) is 19.1. The van der Waals surface area contributed by atoms with Crippen molar-refractivity contribution in [3.8, 4) is 77.9 Å². The van der Waals surface area contributed by atoms with Gasteiger partial charge < -0.3 is 0 Å². The Hall–Kier alpha value is -8.36. The molecule has 0 bridgehead atoms. The van der Waals surface area contributed by atoms with Crippen LogP contribution in [0, 0.1) is 0 Å².